The van der Waals surface area contributed by atoms with Gasteiger partial charge in [0.15, 0.2) is 0 Å². The number of hydrogen-bond donors (Lipinski definition) is 0. The number of hydrogen-bond acceptors (Lipinski definition) is 4. The molecule has 0 N–H and O–H groups in total. The molecule has 2 heterocycles. The van der Waals surface area contributed by atoms with Crippen LogP contribution in [0.3, 0.4) is 0 Å². The predicted octanol–water partition coefficient (Wildman–Crippen LogP) is 3.89. The zero-order valence-electron chi connectivity index (χ0n) is 16.4. The molecule has 150 valence electrons. The Labute approximate surface area is 170 Å². The lowest BCUT2D eigenvalue weighted by atomic mass is 9.97. The first kappa shape index (κ1) is 20.4. The summed E-state index contributed by atoms with van der Waals surface area (Å²) in [4.78, 5) is 27.1. The lowest BCUT2D eigenvalue weighted by molar-refractivity contribution is -0.149. The SMILES string of the molecule is CCCc1c(C(=O)N2CCC[C@H](C(=O)OCC)C2)cnn1-c1ccc(Cl)cc1. The smallest absolute Gasteiger partial charge is 0.310 e. The number of esters is 1. The van der Waals surface area contributed by atoms with Gasteiger partial charge in [0.05, 0.1) is 35.7 Å². The number of carbonyl (C=O) groups is 2. The van der Waals surface area contributed by atoms with Crippen LogP contribution >= 0.6 is 11.6 Å². The maximum absolute atomic E-state index is 13.2. The number of amides is 1. The van der Waals surface area contributed by atoms with Gasteiger partial charge >= 0.3 is 5.97 Å². The van der Waals surface area contributed by atoms with Crippen LogP contribution in [0.15, 0.2) is 30.5 Å². The van der Waals surface area contributed by atoms with Crippen molar-refractivity contribution in [2.24, 2.45) is 5.92 Å². The van der Waals surface area contributed by atoms with Crippen LogP contribution in [-0.2, 0) is 16.0 Å². The van der Waals surface area contributed by atoms with Crippen LogP contribution in [0.5, 0.6) is 0 Å². The van der Waals surface area contributed by atoms with Gasteiger partial charge in [0, 0.05) is 18.1 Å². The van der Waals surface area contributed by atoms with E-state index in [1.807, 2.05) is 24.3 Å². The monoisotopic (exact) mass is 403 g/mol. The fraction of sp³-hybridized carbons (Fsp3) is 0.476. The first-order valence-corrected chi connectivity index (χ1v) is 10.2. The van der Waals surface area contributed by atoms with E-state index in [4.69, 9.17) is 16.3 Å². The van der Waals surface area contributed by atoms with Crippen molar-refractivity contribution in [3.05, 3.63) is 46.7 Å². The highest BCUT2D eigenvalue weighted by Crippen LogP contribution is 2.24. The first-order chi connectivity index (χ1) is 13.5. The maximum Gasteiger partial charge on any atom is 0.310 e. The lowest BCUT2D eigenvalue weighted by Gasteiger charge is -2.31. The summed E-state index contributed by atoms with van der Waals surface area (Å²) in [5.41, 5.74) is 2.35. The van der Waals surface area contributed by atoms with Gasteiger partial charge < -0.3 is 9.64 Å². The normalized spacial score (nSPS) is 16.8. The summed E-state index contributed by atoms with van der Waals surface area (Å²) in [7, 11) is 0. The number of carbonyl (C=O) groups excluding carboxylic acids is 2. The molecule has 1 aromatic carbocycles. The summed E-state index contributed by atoms with van der Waals surface area (Å²) in [6.07, 6.45) is 4.82. The van der Waals surface area contributed by atoms with E-state index >= 15 is 0 Å². The van der Waals surface area contributed by atoms with Crippen LogP contribution < -0.4 is 0 Å². The Bertz CT molecular complexity index is 832. The second-order valence-corrected chi connectivity index (χ2v) is 7.42. The Kier molecular flexibility index (Phi) is 6.73. The van der Waals surface area contributed by atoms with E-state index in [2.05, 4.69) is 12.0 Å². The van der Waals surface area contributed by atoms with Gasteiger partial charge in [-0.05, 0) is 50.5 Å². The van der Waals surface area contributed by atoms with E-state index < -0.39 is 0 Å². The Hall–Kier alpha value is -2.34. The molecule has 1 aromatic heterocycles. The molecule has 0 saturated carbocycles. The van der Waals surface area contributed by atoms with Crippen molar-refractivity contribution >= 4 is 23.5 Å². The van der Waals surface area contributed by atoms with Crippen molar-refractivity contribution in [3.8, 4) is 5.69 Å². The van der Waals surface area contributed by atoms with Crippen LogP contribution in [-0.4, -0.2) is 46.3 Å². The zero-order chi connectivity index (χ0) is 20.1. The third-order valence-electron chi connectivity index (χ3n) is 4.99. The van der Waals surface area contributed by atoms with Gasteiger partial charge in [0.25, 0.3) is 5.91 Å². The third-order valence-corrected chi connectivity index (χ3v) is 5.24. The summed E-state index contributed by atoms with van der Waals surface area (Å²) in [5, 5.41) is 5.12. The molecule has 3 rings (SSSR count). The van der Waals surface area contributed by atoms with Crippen molar-refractivity contribution in [1.29, 1.82) is 0 Å². The summed E-state index contributed by atoms with van der Waals surface area (Å²) in [6.45, 7) is 5.27. The lowest BCUT2D eigenvalue weighted by Crippen LogP contribution is -2.43. The minimum atomic E-state index is -0.251. The molecule has 0 spiro atoms. The third kappa shape index (κ3) is 4.38. The highest BCUT2D eigenvalue weighted by atomic mass is 35.5. The molecule has 2 aromatic rings. The number of halogens is 1. The molecule has 1 atom stereocenters. The van der Waals surface area contributed by atoms with E-state index in [1.165, 1.54) is 0 Å². The fourth-order valence-corrected chi connectivity index (χ4v) is 3.75. The summed E-state index contributed by atoms with van der Waals surface area (Å²) in [5.74, 6) is -0.540. The number of benzene rings is 1. The summed E-state index contributed by atoms with van der Waals surface area (Å²) >= 11 is 5.99. The largest absolute Gasteiger partial charge is 0.466 e. The first-order valence-electron chi connectivity index (χ1n) is 9.83. The average molecular weight is 404 g/mol. The highest BCUT2D eigenvalue weighted by molar-refractivity contribution is 6.30. The minimum Gasteiger partial charge on any atom is -0.466 e. The Balaban J connectivity index is 1.85. The molecule has 1 saturated heterocycles. The molecule has 7 heteroatoms. The Morgan fingerprint density at radius 3 is 2.68 bits per heavy atom. The number of nitrogens with zero attached hydrogens (tertiary/aromatic N) is 3. The molecule has 0 bridgehead atoms. The van der Waals surface area contributed by atoms with Gasteiger partial charge in [-0.25, -0.2) is 4.68 Å². The van der Waals surface area contributed by atoms with Gasteiger partial charge in [0.2, 0.25) is 0 Å². The molecule has 1 amide bonds. The number of rotatable bonds is 6. The quantitative estimate of drug-likeness (QED) is 0.686. The Morgan fingerprint density at radius 1 is 1.25 bits per heavy atom. The molecule has 1 fully saturated rings. The number of likely N-dealkylation sites (tertiary alicyclic amines) is 1. The second-order valence-electron chi connectivity index (χ2n) is 6.99. The van der Waals surface area contributed by atoms with E-state index in [1.54, 1.807) is 22.7 Å². The van der Waals surface area contributed by atoms with Gasteiger partial charge in [-0.15, -0.1) is 0 Å². The molecule has 1 aliphatic heterocycles. The maximum atomic E-state index is 13.2. The average Bonchev–Trinajstić information content (AvgIpc) is 3.12. The van der Waals surface area contributed by atoms with Crippen molar-refractivity contribution < 1.29 is 14.3 Å². The molecular formula is C21H26ClN3O3. The van der Waals surface area contributed by atoms with Gasteiger partial charge in [-0.3, -0.25) is 9.59 Å². The van der Waals surface area contributed by atoms with Gasteiger partial charge in [-0.1, -0.05) is 24.9 Å². The summed E-state index contributed by atoms with van der Waals surface area (Å²) < 4.78 is 6.95. The molecule has 6 nitrogen and oxygen atoms in total. The van der Waals surface area contributed by atoms with Crippen molar-refractivity contribution in [2.45, 2.75) is 39.5 Å². The van der Waals surface area contributed by atoms with Crippen LogP contribution in [0.1, 0.15) is 49.2 Å². The molecule has 0 unspecified atom stereocenters. The molecule has 0 radical (unpaired) electrons. The van der Waals surface area contributed by atoms with Crippen LogP contribution in [0.4, 0.5) is 0 Å². The van der Waals surface area contributed by atoms with E-state index in [9.17, 15) is 9.59 Å². The second kappa shape index (κ2) is 9.24. The standard InChI is InChI=1S/C21H26ClN3O3/c1-3-6-19-18(13-23-25(19)17-10-8-16(22)9-11-17)20(26)24-12-5-7-15(14-24)21(27)28-4-2/h8-11,13,15H,3-7,12,14H2,1-2H3/t15-/m0/s1. The number of piperidine rings is 1. The topological polar surface area (TPSA) is 64.4 Å². The van der Waals surface area contributed by atoms with E-state index in [0.717, 1.165) is 37.1 Å². The summed E-state index contributed by atoms with van der Waals surface area (Å²) in [6, 6.07) is 7.40. The van der Waals surface area contributed by atoms with E-state index in [-0.39, 0.29) is 17.8 Å². The van der Waals surface area contributed by atoms with Gasteiger partial charge in [0.1, 0.15) is 0 Å². The van der Waals surface area contributed by atoms with Crippen molar-refractivity contribution in [3.63, 3.8) is 0 Å². The molecule has 0 aliphatic carbocycles. The Morgan fingerprint density at radius 2 is 2.00 bits per heavy atom. The molecular weight excluding hydrogens is 378 g/mol. The predicted molar refractivity (Wildman–Crippen MR) is 108 cm³/mol. The van der Waals surface area contributed by atoms with Crippen molar-refractivity contribution in [1.82, 2.24) is 14.7 Å². The number of aromatic nitrogens is 2. The molecule has 28 heavy (non-hydrogen) atoms. The van der Waals surface area contributed by atoms with Crippen molar-refractivity contribution in [2.75, 3.05) is 19.7 Å². The van der Waals surface area contributed by atoms with E-state index in [0.29, 0.717) is 30.3 Å². The van der Waals surface area contributed by atoms with Crippen LogP contribution in [0.2, 0.25) is 5.02 Å². The number of ether oxygens (including phenoxy) is 1. The van der Waals surface area contributed by atoms with Gasteiger partial charge in [-0.2, -0.15) is 5.10 Å². The van der Waals surface area contributed by atoms with Crippen LogP contribution in [0, 0.1) is 5.92 Å². The highest BCUT2D eigenvalue weighted by Gasteiger charge is 2.31. The zero-order valence-corrected chi connectivity index (χ0v) is 17.1. The van der Waals surface area contributed by atoms with Crippen LogP contribution in [0.25, 0.3) is 5.69 Å². The minimum absolute atomic E-state index is 0.0716. The fourth-order valence-electron chi connectivity index (χ4n) is 3.62. The molecule has 1 aliphatic rings.